The van der Waals surface area contributed by atoms with E-state index in [1.165, 1.54) is 0 Å². The topological polar surface area (TPSA) is 56.1 Å². The number of hydrogen-bond acceptors (Lipinski definition) is 4. The van der Waals surface area contributed by atoms with Crippen LogP contribution in [0.1, 0.15) is 38.6 Å². The molecule has 114 valence electrons. The Kier molecular flexibility index (Phi) is 5.89. The molecular formula is C15H27N3O2. The van der Waals surface area contributed by atoms with Crippen LogP contribution in [-0.4, -0.2) is 34.8 Å². The molecule has 0 aromatic carbocycles. The number of ether oxygens (including phenoxy) is 1. The summed E-state index contributed by atoms with van der Waals surface area (Å²) in [6.45, 7) is 11.4. The Morgan fingerprint density at radius 3 is 2.65 bits per heavy atom. The molecule has 0 bridgehead atoms. The van der Waals surface area contributed by atoms with E-state index in [9.17, 15) is 4.79 Å². The zero-order valence-electron chi connectivity index (χ0n) is 13.5. The molecule has 1 aromatic rings. The van der Waals surface area contributed by atoms with Gasteiger partial charge in [-0.2, -0.15) is 4.98 Å². The number of rotatable bonds is 7. The van der Waals surface area contributed by atoms with Crippen LogP contribution in [0.25, 0.3) is 0 Å². The van der Waals surface area contributed by atoms with Crippen LogP contribution in [0.2, 0.25) is 0 Å². The highest BCUT2D eigenvalue weighted by atomic mass is 16.5. The van der Waals surface area contributed by atoms with Crippen molar-refractivity contribution in [1.82, 2.24) is 14.9 Å². The molecule has 0 saturated carbocycles. The number of nitrogens with one attached hydrogen (secondary N) is 1. The van der Waals surface area contributed by atoms with Crippen molar-refractivity contribution >= 4 is 0 Å². The second-order valence-corrected chi connectivity index (χ2v) is 6.00. The Morgan fingerprint density at radius 1 is 1.45 bits per heavy atom. The molecule has 0 aliphatic heterocycles. The van der Waals surface area contributed by atoms with Crippen molar-refractivity contribution < 1.29 is 4.74 Å². The van der Waals surface area contributed by atoms with Crippen molar-refractivity contribution in [2.45, 2.75) is 59.2 Å². The van der Waals surface area contributed by atoms with Gasteiger partial charge in [-0.15, -0.1) is 0 Å². The number of methoxy groups -OCH3 is 1. The molecular weight excluding hydrogens is 254 g/mol. The van der Waals surface area contributed by atoms with Crippen molar-refractivity contribution in [1.29, 1.82) is 0 Å². The second-order valence-electron chi connectivity index (χ2n) is 6.00. The van der Waals surface area contributed by atoms with Gasteiger partial charge in [0.05, 0.1) is 5.60 Å². The summed E-state index contributed by atoms with van der Waals surface area (Å²) in [6.07, 6.45) is 0.920. The summed E-state index contributed by atoms with van der Waals surface area (Å²) >= 11 is 0. The minimum Gasteiger partial charge on any atom is -0.379 e. The second kappa shape index (κ2) is 6.99. The molecule has 0 unspecified atom stereocenters. The van der Waals surface area contributed by atoms with Crippen LogP contribution in [0.3, 0.4) is 0 Å². The molecule has 5 heteroatoms. The number of hydrogen-bond donors (Lipinski definition) is 1. The van der Waals surface area contributed by atoms with Crippen LogP contribution in [0.5, 0.6) is 0 Å². The largest absolute Gasteiger partial charge is 0.379 e. The first-order valence-electron chi connectivity index (χ1n) is 7.09. The van der Waals surface area contributed by atoms with Crippen molar-refractivity contribution in [3.05, 3.63) is 27.9 Å². The lowest BCUT2D eigenvalue weighted by Crippen LogP contribution is -2.38. The van der Waals surface area contributed by atoms with Gasteiger partial charge < -0.3 is 10.1 Å². The van der Waals surface area contributed by atoms with E-state index in [4.69, 9.17) is 4.74 Å². The van der Waals surface area contributed by atoms with E-state index in [0.717, 1.165) is 24.4 Å². The summed E-state index contributed by atoms with van der Waals surface area (Å²) in [5, 5.41) is 3.42. The molecule has 1 heterocycles. The fourth-order valence-corrected chi connectivity index (χ4v) is 2.36. The van der Waals surface area contributed by atoms with Gasteiger partial charge in [0.25, 0.3) is 0 Å². The predicted molar refractivity (Wildman–Crippen MR) is 81.1 cm³/mol. The summed E-state index contributed by atoms with van der Waals surface area (Å²) in [5.74, 6) is 0. The summed E-state index contributed by atoms with van der Waals surface area (Å²) in [5.41, 5.74) is 1.42. The van der Waals surface area contributed by atoms with Crippen LogP contribution in [0.4, 0.5) is 0 Å². The number of aromatic nitrogens is 2. The van der Waals surface area contributed by atoms with E-state index < -0.39 is 0 Å². The highest BCUT2D eigenvalue weighted by molar-refractivity contribution is 5.06. The zero-order valence-corrected chi connectivity index (χ0v) is 13.5. The van der Waals surface area contributed by atoms with Gasteiger partial charge in [0, 0.05) is 37.6 Å². The maximum absolute atomic E-state index is 11.8. The summed E-state index contributed by atoms with van der Waals surface area (Å²) in [4.78, 5) is 15.8. The number of aryl methyl sites for hydroxylation is 2. The lowest BCUT2D eigenvalue weighted by atomic mass is 10.00. The van der Waals surface area contributed by atoms with Gasteiger partial charge in [-0.3, -0.25) is 4.57 Å². The fourth-order valence-electron chi connectivity index (χ4n) is 2.36. The molecule has 1 atom stereocenters. The lowest BCUT2D eigenvalue weighted by Gasteiger charge is -2.27. The quantitative estimate of drug-likeness (QED) is 0.826. The van der Waals surface area contributed by atoms with Crippen molar-refractivity contribution in [3.63, 3.8) is 0 Å². The monoisotopic (exact) mass is 281 g/mol. The first-order valence-corrected chi connectivity index (χ1v) is 7.09. The molecule has 0 fully saturated rings. The van der Waals surface area contributed by atoms with Gasteiger partial charge in [0.1, 0.15) is 0 Å². The third-order valence-electron chi connectivity index (χ3n) is 3.52. The number of nitrogens with zero attached hydrogens (tertiary/aromatic N) is 2. The highest BCUT2D eigenvalue weighted by Gasteiger charge is 2.19. The van der Waals surface area contributed by atoms with Gasteiger partial charge in [0.2, 0.25) is 0 Å². The van der Waals surface area contributed by atoms with E-state index in [2.05, 4.69) is 31.1 Å². The molecule has 1 rings (SSSR count). The van der Waals surface area contributed by atoms with Crippen LogP contribution in [-0.2, 0) is 11.3 Å². The van der Waals surface area contributed by atoms with Crippen LogP contribution in [0.15, 0.2) is 10.9 Å². The van der Waals surface area contributed by atoms with E-state index in [1.807, 2.05) is 19.9 Å². The average molecular weight is 281 g/mol. The predicted octanol–water partition coefficient (Wildman–Crippen LogP) is 1.65. The minimum atomic E-state index is -0.172. The zero-order chi connectivity index (χ0) is 15.3. The van der Waals surface area contributed by atoms with Gasteiger partial charge in [-0.1, -0.05) is 0 Å². The smallest absolute Gasteiger partial charge is 0.347 e. The maximum atomic E-state index is 11.8. The van der Waals surface area contributed by atoms with Crippen molar-refractivity contribution in [2.24, 2.45) is 0 Å². The lowest BCUT2D eigenvalue weighted by molar-refractivity contribution is 0.00855. The van der Waals surface area contributed by atoms with E-state index >= 15 is 0 Å². The van der Waals surface area contributed by atoms with Gasteiger partial charge in [-0.05, 0) is 47.1 Å². The third-order valence-corrected chi connectivity index (χ3v) is 3.52. The summed E-state index contributed by atoms with van der Waals surface area (Å²) in [7, 11) is 1.73. The molecule has 0 aliphatic rings. The fraction of sp³-hybridized carbons (Fsp3) is 0.733. The first kappa shape index (κ1) is 16.9. The highest BCUT2D eigenvalue weighted by Crippen LogP contribution is 2.15. The molecule has 1 aromatic heterocycles. The molecule has 5 nitrogen and oxygen atoms in total. The van der Waals surface area contributed by atoms with Gasteiger partial charge in [0.15, 0.2) is 0 Å². The third kappa shape index (κ3) is 5.06. The van der Waals surface area contributed by atoms with Gasteiger partial charge in [-0.25, -0.2) is 4.79 Å². The Balaban J connectivity index is 2.51. The first-order chi connectivity index (χ1) is 9.25. The van der Waals surface area contributed by atoms with Crippen LogP contribution < -0.4 is 11.0 Å². The van der Waals surface area contributed by atoms with E-state index in [1.54, 1.807) is 11.7 Å². The average Bonchev–Trinajstić information content (AvgIpc) is 2.32. The van der Waals surface area contributed by atoms with Crippen molar-refractivity contribution in [2.75, 3.05) is 13.7 Å². The molecule has 20 heavy (non-hydrogen) atoms. The SMILES string of the molecule is COC(C)(C)C[C@H](C)NCCn1c(C)cc(C)nc1=O. The molecule has 0 spiro atoms. The molecule has 1 N–H and O–H groups in total. The Morgan fingerprint density at radius 2 is 2.10 bits per heavy atom. The maximum Gasteiger partial charge on any atom is 0.347 e. The minimum absolute atomic E-state index is 0.134. The van der Waals surface area contributed by atoms with E-state index in [0.29, 0.717) is 12.6 Å². The summed E-state index contributed by atoms with van der Waals surface area (Å²) < 4.78 is 7.12. The summed E-state index contributed by atoms with van der Waals surface area (Å²) in [6, 6.07) is 2.26. The Hall–Kier alpha value is -1.20. The Bertz CT molecular complexity index is 494. The standard InChI is InChI=1S/C15H27N3O2/c1-11-9-13(3)18(14(19)17-11)8-7-16-12(2)10-15(4,5)20-6/h9,12,16H,7-8,10H2,1-6H3/t12-/m0/s1. The van der Waals surface area contributed by atoms with Gasteiger partial charge >= 0.3 is 5.69 Å². The molecule has 0 amide bonds. The van der Waals surface area contributed by atoms with Crippen LogP contribution in [0, 0.1) is 13.8 Å². The van der Waals surface area contributed by atoms with Crippen LogP contribution >= 0.6 is 0 Å². The molecule has 0 radical (unpaired) electrons. The Labute approximate surface area is 121 Å². The molecule has 0 aliphatic carbocycles. The molecule has 0 saturated heterocycles. The van der Waals surface area contributed by atoms with Crippen molar-refractivity contribution in [3.8, 4) is 0 Å². The van der Waals surface area contributed by atoms with E-state index in [-0.39, 0.29) is 11.3 Å². The normalized spacial score (nSPS) is 13.5.